The average Bonchev–Trinajstić information content (AvgIpc) is 3.30. The van der Waals surface area contributed by atoms with Crippen LogP contribution in [-0.4, -0.2) is 34.4 Å². The number of ether oxygens (including phenoxy) is 1. The third kappa shape index (κ3) is 2.79. The maximum absolute atomic E-state index is 5.79. The van der Waals surface area contributed by atoms with Crippen LogP contribution in [0.1, 0.15) is 24.3 Å². The molecule has 7 heteroatoms. The van der Waals surface area contributed by atoms with Gasteiger partial charge in [0, 0.05) is 13.2 Å². The van der Waals surface area contributed by atoms with Gasteiger partial charge in [0.1, 0.15) is 23.3 Å². The van der Waals surface area contributed by atoms with Gasteiger partial charge in [0.25, 0.3) is 5.71 Å². The van der Waals surface area contributed by atoms with Crippen molar-refractivity contribution in [3.8, 4) is 0 Å². The first kappa shape index (κ1) is 14.2. The van der Waals surface area contributed by atoms with E-state index in [0.717, 1.165) is 48.7 Å². The van der Waals surface area contributed by atoms with Gasteiger partial charge in [0.15, 0.2) is 0 Å². The third-order valence-corrected chi connectivity index (χ3v) is 4.10. The Labute approximate surface area is 133 Å². The van der Waals surface area contributed by atoms with Crippen molar-refractivity contribution in [1.29, 1.82) is 0 Å². The third-order valence-electron chi connectivity index (χ3n) is 4.10. The van der Waals surface area contributed by atoms with Gasteiger partial charge in [-0.1, -0.05) is 5.16 Å². The van der Waals surface area contributed by atoms with E-state index < -0.39 is 0 Å². The quantitative estimate of drug-likeness (QED) is 0.716. The summed E-state index contributed by atoms with van der Waals surface area (Å²) in [6.07, 6.45) is 5.55. The number of fused-ring (bicyclic) bond motifs is 1. The van der Waals surface area contributed by atoms with Crippen LogP contribution in [0.25, 0.3) is 11.1 Å². The van der Waals surface area contributed by atoms with Crippen molar-refractivity contribution in [2.75, 3.05) is 18.1 Å². The number of hydrogen-bond donors (Lipinski definition) is 0. The Morgan fingerprint density at radius 3 is 3.09 bits per heavy atom. The molecule has 0 N–H and O–H groups in total. The monoisotopic (exact) mass is 314 g/mol. The van der Waals surface area contributed by atoms with E-state index in [1.807, 2.05) is 19.1 Å². The summed E-state index contributed by atoms with van der Waals surface area (Å²) in [7, 11) is 0. The maximum Gasteiger partial charge on any atom is 0.263 e. The van der Waals surface area contributed by atoms with Gasteiger partial charge in [0.2, 0.25) is 0 Å². The van der Waals surface area contributed by atoms with Crippen LogP contribution in [-0.2, 0) is 11.3 Å². The summed E-state index contributed by atoms with van der Waals surface area (Å²) < 4.78 is 16.6. The van der Waals surface area contributed by atoms with Gasteiger partial charge in [0.05, 0.1) is 24.6 Å². The van der Waals surface area contributed by atoms with Gasteiger partial charge < -0.3 is 18.6 Å². The van der Waals surface area contributed by atoms with Crippen molar-refractivity contribution in [3.05, 3.63) is 36.2 Å². The van der Waals surface area contributed by atoms with E-state index in [9.17, 15) is 0 Å². The molecule has 1 unspecified atom stereocenters. The number of nitrogens with zero attached hydrogens (tertiary/aromatic N) is 4. The highest BCUT2D eigenvalue weighted by molar-refractivity contribution is 5.87. The first-order chi connectivity index (χ1) is 11.3. The highest BCUT2D eigenvalue weighted by atomic mass is 16.5. The molecule has 0 aliphatic carbocycles. The van der Waals surface area contributed by atoms with Crippen molar-refractivity contribution in [3.63, 3.8) is 0 Å². The number of anilines is 1. The van der Waals surface area contributed by atoms with Gasteiger partial charge >= 0.3 is 0 Å². The molecule has 3 aromatic rings. The smallest absolute Gasteiger partial charge is 0.263 e. The van der Waals surface area contributed by atoms with Crippen molar-refractivity contribution in [2.45, 2.75) is 32.4 Å². The second-order valence-corrected chi connectivity index (χ2v) is 5.74. The minimum absolute atomic E-state index is 0.204. The molecule has 0 spiro atoms. The average molecular weight is 314 g/mol. The molecular formula is C16H18N4O3. The second kappa shape index (κ2) is 6.00. The van der Waals surface area contributed by atoms with E-state index in [1.54, 1.807) is 6.26 Å². The molecule has 3 aromatic heterocycles. The summed E-state index contributed by atoms with van der Waals surface area (Å²) in [5.74, 6) is 1.68. The number of aromatic nitrogens is 3. The van der Waals surface area contributed by atoms with Crippen molar-refractivity contribution >= 4 is 16.9 Å². The van der Waals surface area contributed by atoms with Crippen LogP contribution >= 0.6 is 0 Å². The summed E-state index contributed by atoms with van der Waals surface area (Å²) >= 11 is 0. The van der Waals surface area contributed by atoms with Crippen molar-refractivity contribution in [1.82, 2.24) is 15.1 Å². The molecular weight excluding hydrogens is 296 g/mol. The summed E-state index contributed by atoms with van der Waals surface area (Å²) in [5, 5.41) is 4.85. The number of furan rings is 1. The van der Waals surface area contributed by atoms with E-state index in [-0.39, 0.29) is 6.10 Å². The van der Waals surface area contributed by atoms with Gasteiger partial charge in [-0.15, -0.1) is 0 Å². The van der Waals surface area contributed by atoms with Crippen LogP contribution in [0, 0.1) is 6.92 Å². The maximum atomic E-state index is 5.79. The van der Waals surface area contributed by atoms with Crippen LogP contribution in [0.5, 0.6) is 0 Å². The Kier molecular flexibility index (Phi) is 3.70. The Morgan fingerprint density at radius 2 is 2.30 bits per heavy atom. The molecule has 1 saturated heterocycles. The SMILES string of the molecule is Cc1noc2ncnc(N(Cc3ccco3)CC3CCCO3)c12. The Bertz CT molecular complexity index is 778. The zero-order chi connectivity index (χ0) is 15.6. The van der Waals surface area contributed by atoms with Crippen LogP contribution in [0.2, 0.25) is 0 Å². The molecule has 0 radical (unpaired) electrons. The minimum Gasteiger partial charge on any atom is -0.467 e. The zero-order valence-electron chi connectivity index (χ0n) is 12.9. The van der Waals surface area contributed by atoms with Crippen molar-refractivity contribution in [2.24, 2.45) is 0 Å². The molecule has 0 amide bonds. The molecule has 1 fully saturated rings. The lowest BCUT2D eigenvalue weighted by atomic mass is 10.2. The molecule has 0 bridgehead atoms. The predicted octanol–water partition coefficient (Wildman–Crippen LogP) is 2.70. The lowest BCUT2D eigenvalue weighted by Gasteiger charge is -2.25. The van der Waals surface area contributed by atoms with Crippen LogP contribution < -0.4 is 4.90 Å². The Balaban J connectivity index is 1.71. The highest BCUT2D eigenvalue weighted by Crippen LogP contribution is 2.28. The van der Waals surface area contributed by atoms with E-state index >= 15 is 0 Å². The summed E-state index contributed by atoms with van der Waals surface area (Å²) in [5.41, 5.74) is 1.29. The fourth-order valence-electron chi connectivity index (χ4n) is 2.99. The van der Waals surface area contributed by atoms with Crippen LogP contribution in [0.4, 0.5) is 5.82 Å². The van der Waals surface area contributed by atoms with Gasteiger partial charge in [-0.25, -0.2) is 4.98 Å². The second-order valence-electron chi connectivity index (χ2n) is 5.74. The summed E-state index contributed by atoms with van der Waals surface area (Å²) in [6.45, 7) is 4.08. The van der Waals surface area contributed by atoms with E-state index in [4.69, 9.17) is 13.7 Å². The van der Waals surface area contributed by atoms with Gasteiger partial charge in [-0.3, -0.25) is 0 Å². The highest BCUT2D eigenvalue weighted by Gasteiger charge is 2.24. The predicted molar refractivity (Wildman–Crippen MR) is 83.1 cm³/mol. The number of rotatable bonds is 5. The molecule has 23 heavy (non-hydrogen) atoms. The topological polar surface area (TPSA) is 77.4 Å². The summed E-state index contributed by atoms with van der Waals surface area (Å²) in [4.78, 5) is 10.8. The molecule has 4 heterocycles. The van der Waals surface area contributed by atoms with Gasteiger partial charge in [-0.2, -0.15) is 4.98 Å². The van der Waals surface area contributed by atoms with E-state index in [1.165, 1.54) is 6.33 Å². The minimum atomic E-state index is 0.204. The lowest BCUT2D eigenvalue weighted by Crippen LogP contribution is -2.32. The van der Waals surface area contributed by atoms with Gasteiger partial charge in [-0.05, 0) is 31.9 Å². The first-order valence-corrected chi connectivity index (χ1v) is 7.77. The van der Waals surface area contributed by atoms with E-state index in [0.29, 0.717) is 12.3 Å². The Hall–Kier alpha value is -2.41. The molecule has 1 atom stereocenters. The molecule has 4 rings (SSSR count). The fraction of sp³-hybridized carbons (Fsp3) is 0.438. The summed E-state index contributed by atoms with van der Waals surface area (Å²) in [6, 6.07) is 3.85. The molecule has 1 aliphatic rings. The molecule has 1 aliphatic heterocycles. The molecule has 120 valence electrons. The lowest BCUT2D eigenvalue weighted by molar-refractivity contribution is 0.115. The largest absolute Gasteiger partial charge is 0.467 e. The van der Waals surface area contributed by atoms with Crippen LogP contribution in [0.3, 0.4) is 0 Å². The van der Waals surface area contributed by atoms with Crippen LogP contribution in [0.15, 0.2) is 33.7 Å². The molecule has 0 saturated carbocycles. The number of hydrogen-bond acceptors (Lipinski definition) is 7. The van der Waals surface area contributed by atoms with Crippen molar-refractivity contribution < 1.29 is 13.7 Å². The van der Waals surface area contributed by atoms with E-state index in [2.05, 4.69) is 20.0 Å². The number of aryl methyl sites for hydroxylation is 1. The molecule has 0 aromatic carbocycles. The zero-order valence-corrected chi connectivity index (χ0v) is 12.9. The molecule has 7 nitrogen and oxygen atoms in total. The standard InChI is InChI=1S/C16H18N4O3/c1-11-14-15(17-10-18-16(14)23-19-11)20(8-12-4-2-6-21-12)9-13-5-3-7-22-13/h2,4,6,10,13H,3,5,7-9H2,1H3. The fourth-order valence-corrected chi connectivity index (χ4v) is 2.99. The Morgan fingerprint density at radius 1 is 1.35 bits per heavy atom. The first-order valence-electron chi connectivity index (χ1n) is 7.77. The normalized spacial score (nSPS) is 17.9.